The SMILES string of the molecule is COc1ccc2c(c1)O[C@]1(C)O[C@]1(c1ccccc1)C2=O. The summed E-state index contributed by atoms with van der Waals surface area (Å²) in [6, 6.07) is 14.7. The molecule has 0 spiro atoms. The van der Waals surface area contributed by atoms with E-state index in [-0.39, 0.29) is 5.78 Å². The molecule has 0 saturated carbocycles. The molecule has 2 atom stereocenters. The second-order valence-electron chi connectivity index (χ2n) is 5.39. The van der Waals surface area contributed by atoms with Crippen LogP contribution in [0.15, 0.2) is 48.5 Å². The third-order valence-corrected chi connectivity index (χ3v) is 4.18. The lowest BCUT2D eigenvalue weighted by molar-refractivity contribution is 0.0737. The molecule has 0 aromatic heterocycles. The number of hydrogen-bond donors (Lipinski definition) is 0. The van der Waals surface area contributed by atoms with Crippen molar-refractivity contribution >= 4 is 5.78 Å². The van der Waals surface area contributed by atoms with Crippen molar-refractivity contribution in [3.05, 3.63) is 59.7 Å². The Bertz CT molecular complexity index is 740. The van der Waals surface area contributed by atoms with E-state index in [1.165, 1.54) is 0 Å². The highest BCUT2D eigenvalue weighted by Crippen LogP contribution is 2.61. The third-order valence-electron chi connectivity index (χ3n) is 4.18. The number of benzene rings is 2. The summed E-state index contributed by atoms with van der Waals surface area (Å²) in [6.07, 6.45) is 0. The van der Waals surface area contributed by atoms with Crippen molar-refractivity contribution in [3.63, 3.8) is 0 Å². The number of Topliss-reactive ketones (excluding diaryl/α,β-unsaturated/α-hetero) is 1. The van der Waals surface area contributed by atoms with Crippen LogP contribution in [-0.4, -0.2) is 18.7 Å². The molecule has 2 aliphatic rings. The van der Waals surface area contributed by atoms with Crippen molar-refractivity contribution in [3.8, 4) is 11.5 Å². The minimum Gasteiger partial charge on any atom is -0.497 e. The zero-order chi connectivity index (χ0) is 14.7. The van der Waals surface area contributed by atoms with E-state index in [0.29, 0.717) is 17.1 Å². The number of fused-ring (bicyclic) bond motifs is 2. The summed E-state index contributed by atoms with van der Waals surface area (Å²) in [4.78, 5) is 12.9. The molecule has 2 aromatic rings. The van der Waals surface area contributed by atoms with Crippen LogP contribution >= 0.6 is 0 Å². The van der Waals surface area contributed by atoms with Crippen molar-refractivity contribution in [2.45, 2.75) is 18.3 Å². The van der Waals surface area contributed by atoms with Crippen LogP contribution in [0, 0.1) is 0 Å². The molecule has 4 heteroatoms. The van der Waals surface area contributed by atoms with E-state index in [9.17, 15) is 4.79 Å². The predicted molar refractivity (Wildman–Crippen MR) is 75.6 cm³/mol. The molecule has 1 fully saturated rings. The molecule has 21 heavy (non-hydrogen) atoms. The molecule has 0 aliphatic carbocycles. The van der Waals surface area contributed by atoms with Crippen LogP contribution in [0.1, 0.15) is 22.8 Å². The van der Waals surface area contributed by atoms with Gasteiger partial charge in [-0.15, -0.1) is 0 Å². The molecular formula is C17H14O4. The molecule has 0 amide bonds. The van der Waals surface area contributed by atoms with Gasteiger partial charge in [0.1, 0.15) is 11.5 Å². The molecule has 2 heterocycles. The van der Waals surface area contributed by atoms with Crippen molar-refractivity contribution in [1.82, 2.24) is 0 Å². The van der Waals surface area contributed by atoms with Gasteiger partial charge in [-0.05, 0) is 17.7 Å². The summed E-state index contributed by atoms with van der Waals surface area (Å²) < 4.78 is 16.9. The first-order chi connectivity index (χ1) is 10.1. The average molecular weight is 282 g/mol. The molecule has 4 nitrogen and oxygen atoms in total. The number of ether oxygens (including phenoxy) is 3. The standard InChI is InChI=1S/C17H14O4/c1-16-17(21-16,11-6-4-3-5-7-11)15(18)13-9-8-12(19-2)10-14(13)20-16/h3-10H,1-2H3/t16-,17-/m1/s1. The minimum absolute atomic E-state index is 0.0693. The first kappa shape index (κ1) is 12.4. The van der Waals surface area contributed by atoms with Crippen LogP contribution in [-0.2, 0) is 10.3 Å². The quantitative estimate of drug-likeness (QED) is 0.795. The summed E-state index contributed by atoms with van der Waals surface area (Å²) >= 11 is 0. The summed E-state index contributed by atoms with van der Waals surface area (Å²) in [7, 11) is 1.58. The van der Waals surface area contributed by atoms with Crippen LogP contribution in [0.5, 0.6) is 11.5 Å². The molecule has 2 aliphatic heterocycles. The number of hydrogen-bond acceptors (Lipinski definition) is 4. The van der Waals surface area contributed by atoms with Gasteiger partial charge in [-0.25, -0.2) is 0 Å². The van der Waals surface area contributed by atoms with Crippen molar-refractivity contribution in [2.24, 2.45) is 0 Å². The lowest BCUT2D eigenvalue weighted by atomic mass is 9.84. The second-order valence-corrected chi connectivity index (χ2v) is 5.39. The monoisotopic (exact) mass is 282 g/mol. The maximum absolute atomic E-state index is 12.9. The largest absolute Gasteiger partial charge is 0.497 e. The van der Waals surface area contributed by atoms with Gasteiger partial charge in [-0.2, -0.15) is 0 Å². The number of ketones is 1. The van der Waals surface area contributed by atoms with E-state index in [2.05, 4.69) is 0 Å². The van der Waals surface area contributed by atoms with Crippen molar-refractivity contribution in [2.75, 3.05) is 7.11 Å². The van der Waals surface area contributed by atoms with Crippen LogP contribution in [0.3, 0.4) is 0 Å². The summed E-state index contributed by atoms with van der Waals surface area (Å²) in [5.74, 6) is 0.133. The maximum atomic E-state index is 12.9. The predicted octanol–water partition coefficient (Wildman–Crippen LogP) is 2.91. The topological polar surface area (TPSA) is 48.1 Å². The Morgan fingerprint density at radius 1 is 1.10 bits per heavy atom. The molecule has 4 rings (SSSR count). The lowest BCUT2D eigenvalue weighted by Gasteiger charge is -2.25. The molecule has 0 unspecified atom stereocenters. The van der Waals surface area contributed by atoms with E-state index < -0.39 is 11.4 Å². The van der Waals surface area contributed by atoms with Crippen LogP contribution in [0.25, 0.3) is 0 Å². The molecule has 0 bridgehead atoms. The zero-order valence-corrected chi connectivity index (χ0v) is 11.8. The van der Waals surface area contributed by atoms with Gasteiger partial charge in [-0.3, -0.25) is 4.79 Å². The number of rotatable bonds is 2. The van der Waals surface area contributed by atoms with Gasteiger partial charge in [0.05, 0.1) is 12.7 Å². The van der Waals surface area contributed by atoms with Crippen LogP contribution < -0.4 is 9.47 Å². The number of epoxide rings is 1. The number of carbonyl (C=O) groups excluding carboxylic acids is 1. The molecule has 2 aromatic carbocycles. The Balaban J connectivity index is 1.86. The Morgan fingerprint density at radius 3 is 2.57 bits per heavy atom. The Hall–Kier alpha value is -2.33. The highest BCUT2D eigenvalue weighted by molar-refractivity contribution is 6.09. The fourth-order valence-corrected chi connectivity index (χ4v) is 3.04. The summed E-state index contributed by atoms with van der Waals surface area (Å²) in [5.41, 5.74) is 0.309. The summed E-state index contributed by atoms with van der Waals surface area (Å²) in [6.45, 7) is 1.79. The Labute approximate surface area is 122 Å². The second kappa shape index (κ2) is 3.86. The van der Waals surface area contributed by atoms with Gasteiger partial charge < -0.3 is 14.2 Å². The first-order valence-corrected chi connectivity index (χ1v) is 6.78. The highest BCUT2D eigenvalue weighted by atomic mass is 16.8. The fourth-order valence-electron chi connectivity index (χ4n) is 3.04. The third kappa shape index (κ3) is 1.45. The highest BCUT2D eigenvalue weighted by Gasteiger charge is 2.78. The Kier molecular flexibility index (Phi) is 2.28. The van der Waals surface area contributed by atoms with Gasteiger partial charge in [0.15, 0.2) is 0 Å². The van der Waals surface area contributed by atoms with E-state index in [4.69, 9.17) is 14.2 Å². The summed E-state index contributed by atoms with van der Waals surface area (Å²) in [5, 5.41) is 0. The maximum Gasteiger partial charge on any atom is 0.250 e. The van der Waals surface area contributed by atoms with Crippen molar-refractivity contribution < 1.29 is 19.0 Å². The Morgan fingerprint density at radius 2 is 1.86 bits per heavy atom. The van der Waals surface area contributed by atoms with Crippen molar-refractivity contribution in [1.29, 1.82) is 0 Å². The smallest absolute Gasteiger partial charge is 0.250 e. The van der Waals surface area contributed by atoms with E-state index >= 15 is 0 Å². The molecule has 1 saturated heterocycles. The van der Waals surface area contributed by atoms with Gasteiger partial charge in [0.2, 0.25) is 11.4 Å². The van der Waals surface area contributed by atoms with E-state index in [1.54, 1.807) is 32.2 Å². The number of methoxy groups -OCH3 is 1. The fraction of sp³-hybridized carbons (Fsp3) is 0.235. The minimum atomic E-state index is -1.03. The van der Waals surface area contributed by atoms with Gasteiger partial charge >= 0.3 is 0 Å². The first-order valence-electron chi connectivity index (χ1n) is 6.78. The van der Waals surface area contributed by atoms with Crippen LogP contribution in [0.2, 0.25) is 0 Å². The van der Waals surface area contributed by atoms with E-state index in [1.807, 2.05) is 30.3 Å². The van der Waals surface area contributed by atoms with Gasteiger partial charge in [0, 0.05) is 13.0 Å². The molecule has 106 valence electrons. The average Bonchev–Trinajstić information content (AvgIpc) is 3.15. The normalized spacial score (nSPS) is 29.1. The van der Waals surface area contributed by atoms with Crippen LogP contribution in [0.4, 0.5) is 0 Å². The lowest BCUT2D eigenvalue weighted by Crippen LogP contribution is -2.38. The van der Waals surface area contributed by atoms with Gasteiger partial charge in [0.25, 0.3) is 5.79 Å². The number of carbonyl (C=O) groups is 1. The molecular weight excluding hydrogens is 268 g/mol. The molecule has 0 N–H and O–H groups in total. The van der Waals surface area contributed by atoms with Gasteiger partial charge in [-0.1, -0.05) is 30.3 Å². The van der Waals surface area contributed by atoms with E-state index in [0.717, 1.165) is 5.56 Å². The molecule has 0 radical (unpaired) electrons. The zero-order valence-electron chi connectivity index (χ0n) is 11.8.